The van der Waals surface area contributed by atoms with Crippen LogP contribution < -0.4 is 10.7 Å². The molecule has 1 amide bonds. The lowest BCUT2D eigenvalue weighted by atomic mass is 10.1. The van der Waals surface area contributed by atoms with Crippen molar-refractivity contribution >= 4 is 17.2 Å². The zero-order valence-corrected chi connectivity index (χ0v) is 15.7. The predicted octanol–water partition coefficient (Wildman–Crippen LogP) is 3.15. The summed E-state index contributed by atoms with van der Waals surface area (Å²) >= 11 is 1.67. The maximum atomic E-state index is 12.7. The minimum atomic E-state index is -0.337. The third-order valence-corrected chi connectivity index (χ3v) is 5.12. The third kappa shape index (κ3) is 3.91. The van der Waals surface area contributed by atoms with E-state index in [-0.39, 0.29) is 16.9 Å². The Bertz CT molecular complexity index is 947. The fourth-order valence-electron chi connectivity index (χ4n) is 2.99. The summed E-state index contributed by atoms with van der Waals surface area (Å²) < 4.78 is 2.06. The molecule has 0 fully saturated rings. The van der Waals surface area contributed by atoms with Gasteiger partial charge in [0.15, 0.2) is 5.43 Å². The van der Waals surface area contributed by atoms with Gasteiger partial charge >= 0.3 is 0 Å². The van der Waals surface area contributed by atoms with Gasteiger partial charge in [-0.15, -0.1) is 11.3 Å². The van der Waals surface area contributed by atoms with E-state index in [1.807, 2.05) is 37.4 Å². The summed E-state index contributed by atoms with van der Waals surface area (Å²) in [5.41, 5.74) is 2.53. The summed E-state index contributed by atoms with van der Waals surface area (Å²) in [6.07, 6.45) is 3.99. The molecule has 1 N–H and O–H groups in total. The van der Waals surface area contributed by atoms with Crippen molar-refractivity contribution in [1.82, 2.24) is 14.9 Å². The van der Waals surface area contributed by atoms with Gasteiger partial charge in [0.25, 0.3) is 5.91 Å². The van der Waals surface area contributed by atoms with E-state index in [1.165, 1.54) is 4.88 Å². The van der Waals surface area contributed by atoms with Gasteiger partial charge in [-0.05, 0) is 36.4 Å². The number of aryl methyl sites for hydroxylation is 1. The Morgan fingerprint density at radius 2 is 2.15 bits per heavy atom. The SMILES string of the molecule is CCc1c(C(=O)NCc2cccnc2)c(=O)cc(C)n1Cc1cccs1. The van der Waals surface area contributed by atoms with Crippen LogP contribution >= 0.6 is 11.3 Å². The number of thiophene rings is 1. The fourth-order valence-corrected chi connectivity index (χ4v) is 3.69. The molecule has 3 aromatic heterocycles. The van der Waals surface area contributed by atoms with E-state index in [9.17, 15) is 9.59 Å². The van der Waals surface area contributed by atoms with Crippen molar-refractivity contribution in [2.24, 2.45) is 0 Å². The van der Waals surface area contributed by atoms with Crippen LogP contribution in [-0.2, 0) is 19.5 Å². The lowest BCUT2D eigenvalue weighted by molar-refractivity contribution is 0.0948. The molecule has 3 heterocycles. The Morgan fingerprint density at radius 3 is 2.81 bits per heavy atom. The standard InChI is InChI=1S/C20H21N3O2S/c1-3-17-19(20(25)22-12-15-6-4-8-21-11-15)18(24)10-14(2)23(17)13-16-7-5-9-26-16/h4-11H,3,12-13H2,1-2H3,(H,22,25). The van der Waals surface area contributed by atoms with Gasteiger partial charge in [0.2, 0.25) is 0 Å². The number of carbonyl (C=O) groups is 1. The lowest BCUT2D eigenvalue weighted by Crippen LogP contribution is -2.32. The number of aromatic nitrogens is 2. The number of nitrogens with one attached hydrogen (secondary N) is 1. The van der Waals surface area contributed by atoms with Crippen molar-refractivity contribution in [3.63, 3.8) is 0 Å². The molecular formula is C20H21N3O2S. The predicted molar refractivity (Wildman–Crippen MR) is 104 cm³/mol. The summed E-state index contributed by atoms with van der Waals surface area (Å²) in [5, 5.41) is 4.87. The first-order valence-corrected chi connectivity index (χ1v) is 9.41. The average Bonchev–Trinajstić information content (AvgIpc) is 3.15. The molecule has 0 aromatic carbocycles. The molecule has 0 bridgehead atoms. The second kappa shape index (κ2) is 8.10. The summed E-state index contributed by atoms with van der Waals surface area (Å²) in [7, 11) is 0. The van der Waals surface area contributed by atoms with Crippen molar-refractivity contribution in [2.45, 2.75) is 33.4 Å². The highest BCUT2D eigenvalue weighted by atomic mass is 32.1. The van der Waals surface area contributed by atoms with Gasteiger partial charge in [-0.25, -0.2) is 0 Å². The highest BCUT2D eigenvalue weighted by Gasteiger charge is 2.19. The van der Waals surface area contributed by atoms with Crippen molar-refractivity contribution in [2.75, 3.05) is 0 Å². The summed E-state index contributed by atoms with van der Waals surface area (Å²) in [4.78, 5) is 30.5. The van der Waals surface area contributed by atoms with Gasteiger partial charge in [0.1, 0.15) is 5.56 Å². The van der Waals surface area contributed by atoms with E-state index < -0.39 is 0 Å². The monoisotopic (exact) mass is 367 g/mol. The summed E-state index contributed by atoms with van der Waals surface area (Å²) in [6.45, 7) is 4.88. The average molecular weight is 367 g/mol. The van der Waals surface area contributed by atoms with Crippen LogP contribution in [0.2, 0.25) is 0 Å². The smallest absolute Gasteiger partial charge is 0.257 e. The van der Waals surface area contributed by atoms with Gasteiger partial charge in [-0.1, -0.05) is 19.1 Å². The van der Waals surface area contributed by atoms with E-state index in [0.29, 0.717) is 19.5 Å². The van der Waals surface area contributed by atoms with Crippen LogP contribution in [0.4, 0.5) is 0 Å². The van der Waals surface area contributed by atoms with Crippen LogP contribution in [0, 0.1) is 6.92 Å². The van der Waals surface area contributed by atoms with Gasteiger partial charge in [-0.2, -0.15) is 0 Å². The summed E-state index contributed by atoms with van der Waals surface area (Å²) in [6, 6.07) is 9.32. The molecule has 0 aliphatic heterocycles. The Kier molecular flexibility index (Phi) is 5.63. The van der Waals surface area contributed by atoms with Gasteiger partial charge in [0, 0.05) is 41.3 Å². The highest BCUT2D eigenvalue weighted by Crippen LogP contribution is 2.16. The molecule has 0 aliphatic carbocycles. The largest absolute Gasteiger partial charge is 0.348 e. The molecule has 0 aliphatic rings. The van der Waals surface area contributed by atoms with Crippen LogP contribution in [0.1, 0.15) is 39.1 Å². The first-order valence-electron chi connectivity index (χ1n) is 8.53. The summed E-state index contributed by atoms with van der Waals surface area (Å²) in [5.74, 6) is -0.337. The van der Waals surface area contributed by atoms with Gasteiger partial charge in [0.05, 0.1) is 6.54 Å². The van der Waals surface area contributed by atoms with Gasteiger partial charge in [-0.3, -0.25) is 14.6 Å². The first kappa shape index (κ1) is 18.1. The maximum Gasteiger partial charge on any atom is 0.257 e. The number of pyridine rings is 2. The molecule has 3 aromatic rings. The number of rotatable bonds is 6. The highest BCUT2D eigenvalue weighted by molar-refractivity contribution is 7.09. The number of hydrogen-bond acceptors (Lipinski definition) is 4. The van der Waals surface area contributed by atoms with Crippen molar-refractivity contribution in [3.05, 3.63) is 85.7 Å². The normalized spacial score (nSPS) is 10.7. The van der Waals surface area contributed by atoms with E-state index >= 15 is 0 Å². The van der Waals surface area contributed by atoms with Gasteiger partial charge < -0.3 is 9.88 Å². The van der Waals surface area contributed by atoms with Crippen LogP contribution in [0.25, 0.3) is 0 Å². The van der Waals surface area contributed by atoms with Crippen molar-refractivity contribution < 1.29 is 4.79 Å². The van der Waals surface area contributed by atoms with E-state index in [0.717, 1.165) is 17.0 Å². The number of hydrogen-bond donors (Lipinski definition) is 1. The quantitative estimate of drug-likeness (QED) is 0.728. The molecule has 0 unspecified atom stereocenters. The number of amides is 1. The van der Waals surface area contributed by atoms with Crippen LogP contribution in [0.5, 0.6) is 0 Å². The number of carbonyl (C=O) groups excluding carboxylic acids is 1. The van der Waals surface area contributed by atoms with E-state index in [4.69, 9.17) is 0 Å². The first-order chi connectivity index (χ1) is 12.6. The molecular weight excluding hydrogens is 346 g/mol. The topological polar surface area (TPSA) is 64.0 Å². The number of nitrogens with zero attached hydrogens (tertiary/aromatic N) is 2. The molecule has 0 radical (unpaired) electrons. The van der Waals surface area contributed by atoms with Crippen LogP contribution in [0.3, 0.4) is 0 Å². The molecule has 0 spiro atoms. The lowest BCUT2D eigenvalue weighted by Gasteiger charge is -2.18. The molecule has 5 nitrogen and oxygen atoms in total. The zero-order valence-electron chi connectivity index (χ0n) is 14.9. The fraction of sp³-hybridized carbons (Fsp3) is 0.250. The van der Waals surface area contributed by atoms with Crippen molar-refractivity contribution in [3.8, 4) is 0 Å². The van der Waals surface area contributed by atoms with E-state index in [1.54, 1.807) is 29.8 Å². The molecule has 134 valence electrons. The maximum absolute atomic E-state index is 12.7. The van der Waals surface area contributed by atoms with E-state index in [2.05, 4.69) is 20.9 Å². The Hall–Kier alpha value is -2.73. The Balaban J connectivity index is 1.92. The molecule has 26 heavy (non-hydrogen) atoms. The van der Waals surface area contributed by atoms with Crippen LogP contribution in [-0.4, -0.2) is 15.5 Å². The second-order valence-corrected chi connectivity index (χ2v) is 7.07. The zero-order chi connectivity index (χ0) is 18.5. The molecule has 0 saturated heterocycles. The second-order valence-electron chi connectivity index (χ2n) is 6.03. The van der Waals surface area contributed by atoms with Crippen molar-refractivity contribution in [1.29, 1.82) is 0 Å². The molecule has 3 rings (SSSR count). The molecule has 0 atom stereocenters. The Morgan fingerprint density at radius 1 is 1.31 bits per heavy atom. The minimum absolute atomic E-state index is 0.231. The van der Waals surface area contributed by atoms with Crippen LogP contribution in [0.15, 0.2) is 52.9 Å². The Labute approximate surface area is 156 Å². The minimum Gasteiger partial charge on any atom is -0.348 e. The third-order valence-electron chi connectivity index (χ3n) is 4.26. The molecule has 6 heteroatoms. The molecule has 0 saturated carbocycles.